The molecule has 1 aromatic rings. The van der Waals surface area contributed by atoms with Crippen molar-refractivity contribution < 1.29 is 0 Å². The van der Waals surface area contributed by atoms with Gasteiger partial charge in [0.15, 0.2) is 0 Å². The van der Waals surface area contributed by atoms with E-state index in [1.807, 2.05) is 0 Å². The van der Waals surface area contributed by atoms with E-state index >= 15 is 0 Å². The summed E-state index contributed by atoms with van der Waals surface area (Å²) in [6.07, 6.45) is 3.85. The zero-order valence-corrected chi connectivity index (χ0v) is 10.8. The molecule has 1 aromatic carbocycles. The standard InChI is InChI=1S/C14H20ClN/c1-10(2)12-7-6-11(9-13(12)15)14-5-3-4-8-16-14/h6-7,9-10,14,16H,3-5,8H2,1-2H3. The molecule has 0 amide bonds. The summed E-state index contributed by atoms with van der Waals surface area (Å²) in [6.45, 7) is 5.49. The van der Waals surface area contributed by atoms with Gasteiger partial charge in [0, 0.05) is 11.1 Å². The van der Waals surface area contributed by atoms with Gasteiger partial charge in [0.05, 0.1) is 0 Å². The lowest BCUT2D eigenvalue weighted by atomic mass is 9.94. The van der Waals surface area contributed by atoms with Crippen LogP contribution in [0.15, 0.2) is 18.2 Å². The van der Waals surface area contributed by atoms with E-state index in [1.165, 1.54) is 30.4 Å². The highest BCUT2D eigenvalue weighted by molar-refractivity contribution is 6.31. The number of piperidine rings is 1. The van der Waals surface area contributed by atoms with E-state index in [-0.39, 0.29) is 0 Å². The van der Waals surface area contributed by atoms with Crippen molar-refractivity contribution in [2.24, 2.45) is 0 Å². The van der Waals surface area contributed by atoms with Crippen molar-refractivity contribution in [3.63, 3.8) is 0 Å². The third-order valence-electron chi connectivity index (χ3n) is 3.36. The van der Waals surface area contributed by atoms with Crippen LogP contribution >= 0.6 is 11.6 Å². The Morgan fingerprint density at radius 3 is 2.69 bits per heavy atom. The molecule has 1 saturated heterocycles. The molecule has 0 saturated carbocycles. The summed E-state index contributed by atoms with van der Waals surface area (Å²) in [5.41, 5.74) is 2.59. The molecular formula is C14H20ClN. The third kappa shape index (κ3) is 2.58. The van der Waals surface area contributed by atoms with Crippen LogP contribution in [0.4, 0.5) is 0 Å². The average molecular weight is 238 g/mol. The molecule has 1 aliphatic heterocycles. The van der Waals surface area contributed by atoms with Crippen LogP contribution < -0.4 is 5.32 Å². The highest BCUT2D eigenvalue weighted by Crippen LogP contribution is 2.30. The van der Waals surface area contributed by atoms with Gasteiger partial charge in [0.25, 0.3) is 0 Å². The van der Waals surface area contributed by atoms with E-state index in [0.29, 0.717) is 12.0 Å². The molecule has 2 heteroatoms. The summed E-state index contributed by atoms with van der Waals surface area (Å²) in [7, 11) is 0. The van der Waals surface area contributed by atoms with Crippen molar-refractivity contribution in [1.82, 2.24) is 5.32 Å². The van der Waals surface area contributed by atoms with Gasteiger partial charge >= 0.3 is 0 Å². The lowest BCUT2D eigenvalue weighted by Gasteiger charge is -2.24. The fourth-order valence-corrected chi connectivity index (χ4v) is 2.77. The van der Waals surface area contributed by atoms with Gasteiger partial charge < -0.3 is 5.32 Å². The van der Waals surface area contributed by atoms with Gasteiger partial charge in [0.2, 0.25) is 0 Å². The number of nitrogens with one attached hydrogen (secondary N) is 1. The van der Waals surface area contributed by atoms with Crippen molar-refractivity contribution in [2.75, 3.05) is 6.54 Å². The number of benzene rings is 1. The van der Waals surface area contributed by atoms with Gasteiger partial charge in [-0.15, -0.1) is 0 Å². The lowest BCUT2D eigenvalue weighted by molar-refractivity contribution is 0.412. The lowest BCUT2D eigenvalue weighted by Crippen LogP contribution is -2.26. The van der Waals surface area contributed by atoms with Gasteiger partial charge in [-0.1, -0.05) is 44.0 Å². The zero-order chi connectivity index (χ0) is 11.5. The first-order chi connectivity index (χ1) is 7.68. The van der Waals surface area contributed by atoms with Crippen molar-refractivity contribution in [2.45, 2.75) is 45.1 Å². The highest BCUT2D eigenvalue weighted by Gasteiger charge is 2.16. The van der Waals surface area contributed by atoms with Crippen LogP contribution in [0.2, 0.25) is 5.02 Å². The highest BCUT2D eigenvalue weighted by atomic mass is 35.5. The molecule has 1 heterocycles. The molecule has 16 heavy (non-hydrogen) atoms. The molecule has 1 unspecified atom stereocenters. The van der Waals surface area contributed by atoms with E-state index in [9.17, 15) is 0 Å². The van der Waals surface area contributed by atoms with Crippen molar-refractivity contribution in [3.05, 3.63) is 34.3 Å². The Morgan fingerprint density at radius 1 is 1.31 bits per heavy atom. The summed E-state index contributed by atoms with van der Waals surface area (Å²) in [4.78, 5) is 0. The largest absolute Gasteiger partial charge is 0.310 e. The Kier molecular flexibility index (Phi) is 3.88. The minimum atomic E-state index is 0.501. The molecule has 1 atom stereocenters. The number of halogens is 1. The monoisotopic (exact) mass is 237 g/mol. The number of hydrogen-bond acceptors (Lipinski definition) is 1. The fraction of sp³-hybridized carbons (Fsp3) is 0.571. The fourth-order valence-electron chi connectivity index (χ4n) is 2.36. The maximum Gasteiger partial charge on any atom is 0.0443 e. The van der Waals surface area contributed by atoms with E-state index in [2.05, 4.69) is 37.4 Å². The molecule has 1 N–H and O–H groups in total. The predicted molar refractivity (Wildman–Crippen MR) is 70.1 cm³/mol. The van der Waals surface area contributed by atoms with Gasteiger partial charge in [-0.05, 0) is 42.5 Å². The maximum atomic E-state index is 6.32. The topological polar surface area (TPSA) is 12.0 Å². The van der Waals surface area contributed by atoms with Crippen molar-refractivity contribution in [3.8, 4) is 0 Å². The first-order valence-corrected chi connectivity index (χ1v) is 6.59. The van der Waals surface area contributed by atoms with E-state index in [0.717, 1.165) is 11.6 Å². The molecule has 1 fully saturated rings. The average Bonchev–Trinajstić information content (AvgIpc) is 2.29. The zero-order valence-electron chi connectivity index (χ0n) is 10.1. The summed E-state index contributed by atoms with van der Waals surface area (Å²) in [6, 6.07) is 7.05. The summed E-state index contributed by atoms with van der Waals surface area (Å²) in [5.74, 6) is 0.501. The summed E-state index contributed by atoms with van der Waals surface area (Å²) < 4.78 is 0. The third-order valence-corrected chi connectivity index (χ3v) is 3.69. The SMILES string of the molecule is CC(C)c1ccc(C2CCCCN2)cc1Cl. The Hall–Kier alpha value is -0.530. The Bertz CT molecular complexity index is 354. The Balaban J connectivity index is 2.19. The molecule has 0 aromatic heterocycles. The van der Waals surface area contributed by atoms with Crippen LogP contribution in [0.3, 0.4) is 0 Å². The second kappa shape index (κ2) is 5.20. The van der Waals surface area contributed by atoms with Gasteiger partial charge in [-0.3, -0.25) is 0 Å². The number of hydrogen-bond donors (Lipinski definition) is 1. The van der Waals surface area contributed by atoms with Crippen molar-refractivity contribution in [1.29, 1.82) is 0 Å². The Morgan fingerprint density at radius 2 is 2.12 bits per heavy atom. The molecule has 2 rings (SSSR count). The van der Waals surface area contributed by atoms with E-state index < -0.39 is 0 Å². The second-order valence-corrected chi connectivity index (χ2v) is 5.35. The second-order valence-electron chi connectivity index (χ2n) is 4.94. The number of rotatable bonds is 2. The van der Waals surface area contributed by atoms with Gasteiger partial charge in [-0.25, -0.2) is 0 Å². The quantitative estimate of drug-likeness (QED) is 0.810. The molecular weight excluding hydrogens is 218 g/mol. The molecule has 0 spiro atoms. The van der Waals surface area contributed by atoms with Crippen LogP contribution in [0, 0.1) is 0 Å². The molecule has 88 valence electrons. The first kappa shape index (κ1) is 11.9. The van der Waals surface area contributed by atoms with E-state index in [1.54, 1.807) is 0 Å². The Labute approximate surface area is 103 Å². The van der Waals surface area contributed by atoms with Crippen LogP contribution in [-0.4, -0.2) is 6.54 Å². The molecule has 1 nitrogen and oxygen atoms in total. The molecule has 1 aliphatic rings. The minimum Gasteiger partial charge on any atom is -0.310 e. The minimum absolute atomic E-state index is 0.501. The summed E-state index contributed by atoms with van der Waals surface area (Å²) in [5, 5.41) is 4.47. The van der Waals surface area contributed by atoms with E-state index in [4.69, 9.17) is 11.6 Å². The van der Waals surface area contributed by atoms with Crippen LogP contribution in [0.25, 0.3) is 0 Å². The van der Waals surface area contributed by atoms with Crippen molar-refractivity contribution >= 4 is 11.6 Å². The maximum absolute atomic E-state index is 6.32. The molecule has 0 bridgehead atoms. The molecule has 0 aliphatic carbocycles. The van der Waals surface area contributed by atoms with Crippen LogP contribution in [0.1, 0.15) is 56.2 Å². The summed E-state index contributed by atoms with van der Waals surface area (Å²) >= 11 is 6.32. The van der Waals surface area contributed by atoms with Gasteiger partial charge in [0.1, 0.15) is 0 Å². The molecule has 0 radical (unpaired) electrons. The smallest absolute Gasteiger partial charge is 0.0443 e. The normalized spacial score (nSPS) is 21.4. The predicted octanol–water partition coefficient (Wildman–Crippen LogP) is 4.28. The first-order valence-electron chi connectivity index (χ1n) is 6.21. The van der Waals surface area contributed by atoms with Crippen LogP contribution in [-0.2, 0) is 0 Å². The van der Waals surface area contributed by atoms with Crippen LogP contribution in [0.5, 0.6) is 0 Å². The van der Waals surface area contributed by atoms with Gasteiger partial charge in [-0.2, -0.15) is 0 Å².